The Kier molecular flexibility index (Phi) is 5.42. The number of nitrogens with zero attached hydrogens (tertiary/aromatic N) is 1. The van der Waals surface area contributed by atoms with Crippen molar-refractivity contribution in [1.29, 1.82) is 0 Å². The van der Waals surface area contributed by atoms with Crippen molar-refractivity contribution in [2.45, 2.75) is 35.9 Å². The molecule has 0 aliphatic rings. The summed E-state index contributed by atoms with van der Waals surface area (Å²) in [4.78, 5) is 4.78. The van der Waals surface area contributed by atoms with Crippen molar-refractivity contribution < 1.29 is 8.42 Å². The molecule has 0 amide bonds. The number of sulfonamides is 1. The molecule has 0 saturated carbocycles. The Bertz CT molecular complexity index is 680. The summed E-state index contributed by atoms with van der Waals surface area (Å²) in [6.07, 6.45) is 1.81. The van der Waals surface area contributed by atoms with Crippen LogP contribution in [0.4, 0.5) is 0 Å². The van der Waals surface area contributed by atoms with E-state index < -0.39 is 10.0 Å². The SMILES string of the molecule is CCCCNS(=O)(=O)c1ccc2nc(SCC)sc2c1. The lowest BCUT2D eigenvalue weighted by atomic mass is 10.3. The maximum absolute atomic E-state index is 12.2. The highest BCUT2D eigenvalue weighted by Gasteiger charge is 2.15. The highest BCUT2D eigenvalue weighted by Crippen LogP contribution is 2.30. The first-order valence-corrected chi connectivity index (χ1v) is 9.88. The average molecular weight is 331 g/mol. The fourth-order valence-corrected chi connectivity index (χ4v) is 4.88. The summed E-state index contributed by atoms with van der Waals surface area (Å²) in [5.74, 6) is 0.962. The normalized spacial score (nSPS) is 12.1. The molecule has 7 heteroatoms. The van der Waals surface area contributed by atoms with Gasteiger partial charge in [-0.15, -0.1) is 11.3 Å². The minimum atomic E-state index is -3.40. The zero-order valence-electron chi connectivity index (χ0n) is 11.5. The first-order valence-electron chi connectivity index (χ1n) is 6.60. The molecule has 20 heavy (non-hydrogen) atoms. The molecule has 2 aromatic rings. The molecule has 1 heterocycles. The monoisotopic (exact) mass is 330 g/mol. The van der Waals surface area contributed by atoms with E-state index in [4.69, 9.17) is 0 Å². The van der Waals surface area contributed by atoms with Gasteiger partial charge in [0.15, 0.2) is 4.34 Å². The largest absolute Gasteiger partial charge is 0.240 e. The molecule has 0 unspecified atom stereocenters. The highest BCUT2D eigenvalue weighted by molar-refractivity contribution is 8.01. The number of aromatic nitrogens is 1. The first-order chi connectivity index (χ1) is 9.56. The zero-order valence-corrected chi connectivity index (χ0v) is 14.0. The van der Waals surface area contributed by atoms with Gasteiger partial charge in [0.05, 0.1) is 15.1 Å². The van der Waals surface area contributed by atoms with Gasteiger partial charge in [-0.2, -0.15) is 0 Å². The van der Waals surface area contributed by atoms with Crippen LogP contribution in [0.2, 0.25) is 0 Å². The number of thiazole rings is 1. The molecule has 0 radical (unpaired) electrons. The minimum Gasteiger partial charge on any atom is -0.230 e. The van der Waals surface area contributed by atoms with Crippen molar-refractivity contribution in [2.75, 3.05) is 12.3 Å². The van der Waals surface area contributed by atoms with Crippen LogP contribution in [0.1, 0.15) is 26.7 Å². The second kappa shape index (κ2) is 6.89. The molecular weight excluding hydrogens is 312 g/mol. The summed E-state index contributed by atoms with van der Waals surface area (Å²) in [7, 11) is -3.40. The van der Waals surface area contributed by atoms with E-state index in [2.05, 4.69) is 16.6 Å². The van der Waals surface area contributed by atoms with Crippen LogP contribution in [0, 0.1) is 0 Å². The van der Waals surface area contributed by atoms with Crippen molar-refractivity contribution in [2.24, 2.45) is 0 Å². The summed E-state index contributed by atoms with van der Waals surface area (Å²) >= 11 is 3.21. The van der Waals surface area contributed by atoms with Crippen LogP contribution in [0.5, 0.6) is 0 Å². The summed E-state index contributed by atoms with van der Waals surface area (Å²) in [6.45, 7) is 4.59. The standard InChI is InChI=1S/C13H18N2O2S3/c1-3-5-8-14-20(16,17)10-6-7-11-12(9-10)19-13(15-11)18-4-2/h6-7,9,14H,3-5,8H2,1-2H3. The van der Waals surface area contributed by atoms with Gasteiger partial charge < -0.3 is 0 Å². The van der Waals surface area contributed by atoms with E-state index in [9.17, 15) is 8.42 Å². The van der Waals surface area contributed by atoms with Gasteiger partial charge in [-0.3, -0.25) is 0 Å². The van der Waals surface area contributed by atoms with E-state index in [1.54, 1.807) is 41.3 Å². The highest BCUT2D eigenvalue weighted by atomic mass is 32.2. The van der Waals surface area contributed by atoms with Crippen molar-refractivity contribution in [1.82, 2.24) is 9.71 Å². The third kappa shape index (κ3) is 3.72. The molecule has 1 aromatic carbocycles. The zero-order chi connectivity index (χ0) is 14.6. The van der Waals surface area contributed by atoms with Crippen LogP contribution in [0.25, 0.3) is 10.2 Å². The molecule has 2 rings (SSSR count). The van der Waals surface area contributed by atoms with Crippen LogP contribution in [-0.4, -0.2) is 25.7 Å². The average Bonchev–Trinajstić information content (AvgIpc) is 2.80. The molecule has 0 bridgehead atoms. The van der Waals surface area contributed by atoms with Gasteiger partial charge in [-0.25, -0.2) is 18.1 Å². The summed E-state index contributed by atoms with van der Waals surface area (Å²) < 4.78 is 28.8. The third-order valence-corrected chi connectivity index (χ3v) is 6.24. The number of benzene rings is 1. The number of unbranched alkanes of at least 4 members (excludes halogenated alkanes) is 1. The second-order valence-electron chi connectivity index (χ2n) is 4.29. The molecule has 110 valence electrons. The fourth-order valence-electron chi connectivity index (χ4n) is 1.70. The van der Waals surface area contributed by atoms with Crippen molar-refractivity contribution >= 4 is 43.3 Å². The quantitative estimate of drug-likeness (QED) is 0.623. The van der Waals surface area contributed by atoms with Gasteiger partial charge in [-0.05, 0) is 30.4 Å². The van der Waals surface area contributed by atoms with Crippen molar-refractivity contribution in [3.05, 3.63) is 18.2 Å². The number of hydrogen-bond donors (Lipinski definition) is 1. The van der Waals surface area contributed by atoms with Crippen LogP contribution >= 0.6 is 23.1 Å². The Morgan fingerprint density at radius 3 is 2.85 bits per heavy atom. The molecule has 0 saturated heterocycles. The molecule has 1 aromatic heterocycles. The fraction of sp³-hybridized carbons (Fsp3) is 0.462. The molecule has 1 N–H and O–H groups in total. The minimum absolute atomic E-state index is 0.317. The van der Waals surface area contributed by atoms with E-state index in [1.165, 1.54) is 0 Å². The smallest absolute Gasteiger partial charge is 0.230 e. The maximum Gasteiger partial charge on any atom is 0.240 e. The van der Waals surface area contributed by atoms with Crippen LogP contribution in [-0.2, 0) is 10.0 Å². The van der Waals surface area contributed by atoms with Crippen LogP contribution in [0.15, 0.2) is 27.4 Å². The van der Waals surface area contributed by atoms with E-state index >= 15 is 0 Å². The molecule has 0 fully saturated rings. The lowest BCUT2D eigenvalue weighted by molar-refractivity contribution is 0.578. The number of thioether (sulfide) groups is 1. The number of fused-ring (bicyclic) bond motifs is 1. The Labute approximate surface area is 128 Å². The maximum atomic E-state index is 12.2. The summed E-state index contributed by atoms with van der Waals surface area (Å²) in [6, 6.07) is 5.11. The van der Waals surface area contributed by atoms with Crippen LogP contribution < -0.4 is 4.72 Å². The van der Waals surface area contributed by atoms with Gasteiger partial charge in [-0.1, -0.05) is 32.0 Å². The molecule has 4 nitrogen and oxygen atoms in total. The van der Waals surface area contributed by atoms with E-state index in [0.717, 1.165) is 33.2 Å². The molecule has 0 aliphatic heterocycles. The van der Waals surface area contributed by atoms with Gasteiger partial charge in [0.25, 0.3) is 0 Å². The first kappa shape index (κ1) is 15.8. The van der Waals surface area contributed by atoms with Gasteiger partial charge in [0.2, 0.25) is 10.0 Å². The predicted octanol–water partition coefficient (Wildman–Crippen LogP) is 3.49. The summed E-state index contributed by atoms with van der Waals surface area (Å²) in [5.41, 5.74) is 0.860. The Morgan fingerprint density at radius 1 is 1.35 bits per heavy atom. The van der Waals surface area contributed by atoms with Gasteiger partial charge in [0.1, 0.15) is 0 Å². The molecule has 0 spiro atoms. The van der Waals surface area contributed by atoms with E-state index in [0.29, 0.717) is 11.4 Å². The number of rotatable bonds is 7. The van der Waals surface area contributed by atoms with Gasteiger partial charge >= 0.3 is 0 Å². The van der Waals surface area contributed by atoms with Gasteiger partial charge in [0, 0.05) is 6.54 Å². The molecule has 0 aliphatic carbocycles. The van der Waals surface area contributed by atoms with Crippen molar-refractivity contribution in [3.8, 4) is 0 Å². The third-order valence-electron chi connectivity index (χ3n) is 2.74. The molecular formula is C13H18N2O2S3. The lowest BCUT2D eigenvalue weighted by Crippen LogP contribution is -2.24. The number of hydrogen-bond acceptors (Lipinski definition) is 5. The van der Waals surface area contributed by atoms with Crippen molar-refractivity contribution in [3.63, 3.8) is 0 Å². The molecule has 0 atom stereocenters. The Balaban J connectivity index is 2.26. The van der Waals surface area contributed by atoms with E-state index in [-0.39, 0.29) is 0 Å². The Morgan fingerprint density at radius 2 is 2.15 bits per heavy atom. The topological polar surface area (TPSA) is 59.1 Å². The summed E-state index contributed by atoms with van der Waals surface area (Å²) in [5, 5.41) is 0. The lowest BCUT2D eigenvalue weighted by Gasteiger charge is -2.05. The second-order valence-corrected chi connectivity index (χ2v) is 8.60. The van der Waals surface area contributed by atoms with Crippen LogP contribution in [0.3, 0.4) is 0 Å². The Hall–Kier alpha value is -0.630. The number of nitrogens with one attached hydrogen (secondary N) is 1. The van der Waals surface area contributed by atoms with E-state index in [1.807, 2.05) is 6.92 Å². The predicted molar refractivity (Wildman–Crippen MR) is 86.1 cm³/mol.